The van der Waals surface area contributed by atoms with Crippen LogP contribution in [0.5, 0.6) is 0 Å². The molecule has 0 aromatic carbocycles. The fourth-order valence-electron chi connectivity index (χ4n) is 3.64. The lowest BCUT2D eigenvalue weighted by atomic mass is 10.0. The number of hydrogen-bond acceptors (Lipinski definition) is 4. The summed E-state index contributed by atoms with van der Waals surface area (Å²) in [6.07, 6.45) is 24.1. The lowest BCUT2D eigenvalue weighted by molar-refractivity contribution is 0.261. The number of aliphatic hydroxyl groups excluding tert-OH is 1. The summed E-state index contributed by atoms with van der Waals surface area (Å²) in [6.45, 7) is 7.47. The lowest BCUT2D eigenvalue weighted by Crippen LogP contribution is -2.29. The van der Waals surface area contributed by atoms with Crippen LogP contribution in [0.15, 0.2) is 0 Å². The molecule has 0 unspecified atom stereocenters. The van der Waals surface area contributed by atoms with E-state index in [4.69, 9.17) is 5.11 Å². The van der Waals surface area contributed by atoms with Gasteiger partial charge in [-0.1, -0.05) is 103 Å². The molecule has 170 valence electrons. The van der Waals surface area contributed by atoms with Crippen LogP contribution >= 0.6 is 0 Å². The molecule has 0 aromatic heterocycles. The molecule has 28 heavy (non-hydrogen) atoms. The average Bonchev–Trinajstić information content (AvgIpc) is 2.71. The first-order valence-corrected chi connectivity index (χ1v) is 12.6. The minimum Gasteiger partial charge on any atom is -0.381 e. The highest BCUT2D eigenvalue weighted by atomic mass is 16.3. The SMILES string of the molecule is CCCCCCCCCCCCCCCCCCNCCCNCCNCO. The Balaban J connectivity index is 2.96. The van der Waals surface area contributed by atoms with Gasteiger partial charge in [0.15, 0.2) is 0 Å². The van der Waals surface area contributed by atoms with Crippen LogP contribution in [-0.4, -0.2) is 44.6 Å². The molecule has 4 N–H and O–H groups in total. The van der Waals surface area contributed by atoms with Gasteiger partial charge in [-0.2, -0.15) is 0 Å². The van der Waals surface area contributed by atoms with Crippen molar-refractivity contribution in [2.24, 2.45) is 0 Å². The summed E-state index contributed by atoms with van der Waals surface area (Å²) in [7, 11) is 0. The maximum Gasteiger partial charge on any atom is 0.0931 e. The minimum absolute atomic E-state index is 0.0720. The largest absolute Gasteiger partial charge is 0.381 e. The van der Waals surface area contributed by atoms with Gasteiger partial charge in [0, 0.05) is 13.1 Å². The third-order valence-electron chi connectivity index (χ3n) is 5.50. The minimum atomic E-state index is 0.0720. The van der Waals surface area contributed by atoms with E-state index in [9.17, 15) is 0 Å². The van der Waals surface area contributed by atoms with E-state index in [1.165, 1.54) is 116 Å². The van der Waals surface area contributed by atoms with Crippen molar-refractivity contribution in [3.8, 4) is 0 Å². The molecule has 0 bridgehead atoms. The van der Waals surface area contributed by atoms with Crippen molar-refractivity contribution in [2.75, 3.05) is 39.5 Å². The quantitative estimate of drug-likeness (QED) is 0.123. The van der Waals surface area contributed by atoms with Gasteiger partial charge in [-0.05, 0) is 32.5 Å². The third-order valence-corrected chi connectivity index (χ3v) is 5.50. The topological polar surface area (TPSA) is 56.3 Å². The Kier molecular flexibility index (Phi) is 26.7. The zero-order chi connectivity index (χ0) is 20.4. The van der Waals surface area contributed by atoms with E-state index in [0.29, 0.717) is 0 Å². The second-order valence-electron chi connectivity index (χ2n) is 8.31. The summed E-state index contributed by atoms with van der Waals surface area (Å²) < 4.78 is 0. The smallest absolute Gasteiger partial charge is 0.0931 e. The zero-order valence-corrected chi connectivity index (χ0v) is 19.2. The molecule has 0 saturated carbocycles. The summed E-state index contributed by atoms with van der Waals surface area (Å²) in [4.78, 5) is 0. The molecular formula is C24H53N3O. The van der Waals surface area contributed by atoms with Gasteiger partial charge in [-0.15, -0.1) is 0 Å². The maximum atomic E-state index is 8.59. The van der Waals surface area contributed by atoms with Crippen LogP contribution in [0.25, 0.3) is 0 Å². The molecule has 0 aliphatic heterocycles. The van der Waals surface area contributed by atoms with Crippen LogP contribution in [0.2, 0.25) is 0 Å². The molecule has 4 nitrogen and oxygen atoms in total. The first kappa shape index (κ1) is 27.8. The average molecular weight is 400 g/mol. The highest BCUT2D eigenvalue weighted by molar-refractivity contribution is 4.54. The monoisotopic (exact) mass is 399 g/mol. The van der Waals surface area contributed by atoms with Gasteiger partial charge in [-0.25, -0.2) is 0 Å². The molecule has 0 heterocycles. The normalized spacial score (nSPS) is 11.4. The molecule has 0 atom stereocenters. The predicted octanol–water partition coefficient (Wildman–Crippen LogP) is 5.36. The Morgan fingerprint density at radius 1 is 0.393 bits per heavy atom. The number of aliphatic hydroxyl groups is 1. The highest BCUT2D eigenvalue weighted by Gasteiger charge is 1.95. The van der Waals surface area contributed by atoms with Crippen molar-refractivity contribution < 1.29 is 5.11 Å². The van der Waals surface area contributed by atoms with Gasteiger partial charge in [0.25, 0.3) is 0 Å². The molecule has 0 spiro atoms. The summed E-state index contributed by atoms with van der Waals surface area (Å²) in [6, 6.07) is 0. The first-order valence-electron chi connectivity index (χ1n) is 12.6. The van der Waals surface area contributed by atoms with Crippen molar-refractivity contribution in [1.29, 1.82) is 0 Å². The number of nitrogens with one attached hydrogen (secondary N) is 3. The highest BCUT2D eigenvalue weighted by Crippen LogP contribution is 2.13. The Morgan fingerprint density at radius 2 is 0.750 bits per heavy atom. The second-order valence-corrected chi connectivity index (χ2v) is 8.31. The van der Waals surface area contributed by atoms with Crippen molar-refractivity contribution in [3.05, 3.63) is 0 Å². The lowest BCUT2D eigenvalue weighted by Gasteiger charge is -2.07. The summed E-state index contributed by atoms with van der Waals surface area (Å²) in [5.41, 5.74) is 0. The zero-order valence-electron chi connectivity index (χ0n) is 19.2. The van der Waals surface area contributed by atoms with Gasteiger partial charge >= 0.3 is 0 Å². The second kappa shape index (κ2) is 26.8. The maximum absolute atomic E-state index is 8.59. The van der Waals surface area contributed by atoms with E-state index in [1.54, 1.807) is 0 Å². The van der Waals surface area contributed by atoms with Crippen molar-refractivity contribution in [1.82, 2.24) is 16.0 Å². The van der Waals surface area contributed by atoms with E-state index in [0.717, 1.165) is 26.2 Å². The molecule has 0 radical (unpaired) electrons. The van der Waals surface area contributed by atoms with E-state index in [-0.39, 0.29) is 6.73 Å². The number of rotatable bonds is 25. The van der Waals surface area contributed by atoms with Crippen molar-refractivity contribution in [2.45, 2.75) is 116 Å². The van der Waals surface area contributed by atoms with Crippen LogP contribution in [0, 0.1) is 0 Å². The predicted molar refractivity (Wildman–Crippen MR) is 125 cm³/mol. The van der Waals surface area contributed by atoms with E-state index in [1.807, 2.05) is 0 Å². The van der Waals surface area contributed by atoms with Crippen molar-refractivity contribution in [3.63, 3.8) is 0 Å². The van der Waals surface area contributed by atoms with E-state index >= 15 is 0 Å². The Hall–Kier alpha value is -0.160. The van der Waals surface area contributed by atoms with Gasteiger partial charge in [0.1, 0.15) is 0 Å². The van der Waals surface area contributed by atoms with Crippen LogP contribution < -0.4 is 16.0 Å². The summed E-state index contributed by atoms with van der Waals surface area (Å²) in [5.74, 6) is 0. The Bertz CT molecular complexity index is 238. The Morgan fingerprint density at radius 3 is 1.21 bits per heavy atom. The third kappa shape index (κ3) is 25.8. The molecule has 0 aliphatic carbocycles. The van der Waals surface area contributed by atoms with Crippen LogP contribution in [0.4, 0.5) is 0 Å². The van der Waals surface area contributed by atoms with Gasteiger partial charge in [0.05, 0.1) is 6.73 Å². The molecule has 0 saturated heterocycles. The van der Waals surface area contributed by atoms with Crippen LogP contribution in [0.3, 0.4) is 0 Å². The van der Waals surface area contributed by atoms with E-state index in [2.05, 4.69) is 22.9 Å². The summed E-state index contributed by atoms with van der Waals surface area (Å²) >= 11 is 0. The molecule has 4 heteroatoms. The standard InChI is InChI=1S/C24H53N3O/c1-2-3-4-5-6-7-8-9-10-11-12-13-14-15-16-17-19-25-20-18-21-26-22-23-27-24-28/h25-28H,2-24H2,1H3. The Labute approximate surface area is 177 Å². The molecule has 0 amide bonds. The van der Waals surface area contributed by atoms with Crippen LogP contribution in [0.1, 0.15) is 116 Å². The fraction of sp³-hybridized carbons (Fsp3) is 1.00. The molecule has 0 aromatic rings. The fourth-order valence-corrected chi connectivity index (χ4v) is 3.64. The molecule has 0 aliphatic rings. The van der Waals surface area contributed by atoms with E-state index < -0.39 is 0 Å². The first-order chi connectivity index (χ1) is 13.9. The van der Waals surface area contributed by atoms with Crippen LogP contribution in [-0.2, 0) is 0 Å². The van der Waals surface area contributed by atoms with Gasteiger partial charge in [-0.3, -0.25) is 5.32 Å². The van der Waals surface area contributed by atoms with Crippen molar-refractivity contribution >= 4 is 0 Å². The van der Waals surface area contributed by atoms with Gasteiger partial charge < -0.3 is 15.7 Å². The molecular weight excluding hydrogens is 346 g/mol. The number of hydrogen-bond donors (Lipinski definition) is 4. The van der Waals surface area contributed by atoms with Gasteiger partial charge in [0.2, 0.25) is 0 Å². The molecule has 0 rings (SSSR count). The number of unbranched alkanes of at least 4 members (excludes halogenated alkanes) is 15. The molecule has 0 fully saturated rings. The summed E-state index contributed by atoms with van der Waals surface area (Å²) in [5, 5.41) is 18.4.